The number of nitrogens with one attached hydrogen (secondary N) is 1. The lowest BCUT2D eigenvalue weighted by molar-refractivity contribution is -0.384. The summed E-state index contributed by atoms with van der Waals surface area (Å²) >= 11 is 0. The van der Waals surface area contributed by atoms with Crippen molar-refractivity contribution in [3.8, 4) is 0 Å². The first-order valence-corrected chi connectivity index (χ1v) is 5.18. The van der Waals surface area contributed by atoms with Gasteiger partial charge in [0, 0.05) is 17.8 Å². The van der Waals surface area contributed by atoms with E-state index >= 15 is 0 Å². The number of rotatable bonds is 3. The maximum atomic E-state index is 11.7. The van der Waals surface area contributed by atoms with E-state index in [4.69, 9.17) is 4.42 Å². The molecule has 0 spiro atoms. The van der Waals surface area contributed by atoms with Crippen LogP contribution in [0.5, 0.6) is 0 Å². The molecule has 2 rings (SSSR count). The van der Waals surface area contributed by atoms with Crippen LogP contribution >= 0.6 is 0 Å². The molecule has 0 atom stereocenters. The highest BCUT2D eigenvalue weighted by atomic mass is 16.6. The second kappa shape index (κ2) is 4.70. The molecule has 18 heavy (non-hydrogen) atoms. The fourth-order valence-corrected chi connectivity index (χ4v) is 1.45. The summed E-state index contributed by atoms with van der Waals surface area (Å²) in [5.74, 6) is 0.349. The fraction of sp³-hybridized carbons (Fsp3) is 0.0833. The standard InChI is InChI=1S/C12H10N2O4/c1-8-5-6-11(18-8)12(15)13-9-3-2-4-10(7-9)14(16)17/h2-7H,1H3,(H,13,15). The van der Waals surface area contributed by atoms with Crippen LogP contribution in [0.25, 0.3) is 0 Å². The molecule has 6 heteroatoms. The predicted molar refractivity (Wildman–Crippen MR) is 64.5 cm³/mol. The molecule has 0 saturated carbocycles. The number of nitro benzene ring substituents is 1. The Morgan fingerprint density at radius 2 is 2.11 bits per heavy atom. The summed E-state index contributed by atoms with van der Waals surface area (Å²) in [4.78, 5) is 21.8. The Morgan fingerprint density at radius 3 is 2.72 bits per heavy atom. The number of furan rings is 1. The number of nitrogens with zero attached hydrogens (tertiary/aromatic N) is 1. The average molecular weight is 246 g/mol. The molecule has 1 aromatic carbocycles. The van der Waals surface area contributed by atoms with Gasteiger partial charge in [-0.15, -0.1) is 0 Å². The second-order valence-corrected chi connectivity index (χ2v) is 3.67. The van der Waals surface area contributed by atoms with Crippen LogP contribution < -0.4 is 5.32 Å². The third-order valence-corrected chi connectivity index (χ3v) is 2.28. The fourth-order valence-electron chi connectivity index (χ4n) is 1.45. The van der Waals surface area contributed by atoms with Crippen LogP contribution in [0.4, 0.5) is 11.4 Å². The molecule has 0 saturated heterocycles. The number of carbonyl (C=O) groups excluding carboxylic acids is 1. The van der Waals surface area contributed by atoms with Crippen LogP contribution in [0.15, 0.2) is 40.8 Å². The van der Waals surface area contributed by atoms with Crippen molar-refractivity contribution in [1.82, 2.24) is 0 Å². The Morgan fingerprint density at radius 1 is 1.33 bits per heavy atom. The molecule has 1 aromatic heterocycles. The van der Waals surface area contributed by atoms with Gasteiger partial charge in [0.15, 0.2) is 5.76 Å². The minimum Gasteiger partial charge on any atom is -0.456 e. The Hall–Kier alpha value is -2.63. The van der Waals surface area contributed by atoms with Crippen LogP contribution in [-0.2, 0) is 0 Å². The second-order valence-electron chi connectivity index (χ2n) is 3.67. The number of non-ortho nitro benzene ring substituents is 1. The summed E-state index contributed by atoms with van der Waals surface area (Å²) in [5.41, 5.74) is 0.270. The lowest BCUT2D eigenvalue weighted by Gasteiger charge is -2.02. The van der Waals surface area contributed by atoms with Crippen molar-refractivity contribution in [2.24, 2.45) is 0 Å². The van der Waals surface area contributed by atoms with Gasteiger partial charge in [0.1, 0.15) is 5.76 Å². The molecule has 92 valence electrons. The normalized spacial score (nSPS) is 10.1. The zero-order chi connectivity index (χ0) is 13.1. The molecule has 1 heterocycles. The number of anilines is 1. The average Bonchev–Trinajstić information content (AvgIpc) is 2.76. The van der Waals surface area contributed by atoms with E-state index in [1.807, 2.05) is 0 Å². The van der Waals surface area contributed by atoms with Crippen molar-refractivity contribution < 1.29 is 14.1 Å². The van der Waals surface area contributed by atoms with Crippen LogP contribution in [-0.4, -0.2) is 10.8 Å². The molecule has 0 fully saturated rings. The van der Waals surface area contributed by atoms with Gasteiger partial charge in [-0.2, -0.15) is 0 Å². The van der Waals surface area contributed by atoms with Crippen LogP contribution in [0.3, 0.4) is 0 Å². The summed E-state index contributed by atoms with van der Waals surface area (Å²) in [5, 5.41) is 13.1. The molecule has 0 aliphatic heterocycles. The lowest BCUT2D eigenvalue weighted by Crippen LogP contribution is -2.10. The maximum Gasteiger partial charge on any atom is 0.291 e. The van der Waals surface area contributed by atoms with E-state index in [2.05, 4.69) is 5.32 Å². The van der Waals surface area contributed by atoms with Gasteiger partial charge < -0.3 is 9.73 Å². The third-order valence-electron chi connectivity index (χ3n) is 2.28. The molecule has 0 aliphatic carbocycles. The molecule has 0 bridgehead atoms. The van der Waals surface area contributed by atoms with Gasteiger partial charge in [-0.05, 0) is 25.1 Å². The summed E-state index contributed by atoms with van der Waals surface area (Å²) < 4.78 is 5.15. The number of nitro groups is 1. The number of carbonyl (C=O) groups is 1. The highest BCUT2D eigenvalue weighted by Gasteiger charge is 2.12. The topological polar surface area (TPSA) is 85.4 Å². The summed E-state index contributed by atoms with van der Waals surface area (Å²) in [6.45, 7) is 1.73. The van der Waals surface area contributed by atoms with E-state index in [9.17, 15) is 14.9 Å². The Bertz CT molecular complexity index is 604. The van der Waals surface area contributed by atoms with Crippen molar-refractivity contribution in [2.45, 2.75) is 6.92 Å². The van der Waals surface area contributed by atoms with E-state index < -0.39 is 10.8 Å². The number of hydrogen-bond donors (Lipinski definition) is 1. The molecule has 0 aliphatic rings. The Labute approximate surface area is 102 Å². The van der Waals surface area contributed by atoms with Gasteiger partial charge in [0.25, 0.3) is 11.6 Å². The van der Waals surface area contributed by atoms with Crippen LogP contribution in [0.2, 0.25) is 0 Å². The zero-order valence-corrected chi connectivity index (χ0v) is 9.54. The molecular formula is C12H10N2O4. The zero-order valence-electron chi connectivity index (χ0n) is 9.54. The molecule has 6 nitrogen and oxygen atoms in total. The number of amides is 1. The smallest absolute Gasteiger partial charge is 0.291 e. The summed E-state index contributed by atoms with van der Waals surface area (Å²) in [7, 11) is 0. The first-order chi connectivity index (χ1) is 8.56. The lowest BCUT2D eigenvalue weighted by atomic mass is 10.2. The van der Waals surface area contributed by atoms with Gasteiger partial charge in [0.2, 0.25) is 0 Å². The Balaban J connectivity index is 2.16. The quantitative estimate of drug-likeness (QED) is 0.666. The number of hydrogen-bond acceptors (Lipinski definition) is 4. The van der Waals surface area contributed by atoms with Crippen molar-refractivity contribution in [1.29, 1.82) is 0 Å². The number of benzene rings is 1. The monoisotopic (exact) mass is 246 g/mol. The van der Waals surface area contributed by atoms with E-state index in [1.165, 1.54) is 18.2 Å². The highest BCUT2D eigenvalue weighted by Crippen LogP contribution is 2.18. The molecule has 2 aromatic rings. The van der Waals surface area contributed by atoms with E-state index in [0.29, 0.717) is 11.4 Å². The molecule has 0 unspecified atom stereocenters. The van der Waals surface area contributed by atoms with Gasteiger partial charge in [-0.25, -0.2) is 0 Å². The van der Waals surface area contributed by atoms with Gasteiger partial charge >= 0.3 is 0 Å². The Kier molecular flexibility index (Phi) is 3.09. The molecular weight excluding hydrogens is 236 g/mol. The highest BCUT2D eigenvalue weighted by molar-refractivity contribution is 6.02. The maximum absolute atomic E-state index is 11.7. The van der Waals surface area contributed by atoms with Gasteiger partial charge in [0.05, 0.1) is 4.92 Å². The van der Waals surface area contributed by atoms with Crippen LogP contribution in [0.1, 0.15) is 16.3 Å². The summed E-state index contributed by atoms with van der Waals surface area (Å²) in [6.07, 6.45) is 0. The van der Waals surface area contributed by atoms with Gasteiger partial charge in [-0.3, -0.25) is 14.9 Å². The van der Waals surface area contributed by atoms with Crippen molar-refractivity contribution in [3.05, 3.63) is 58.0 Å². The third kappa shape index (κ3) is 2.54. The largest absolute Gasteiger partial charge is 0.456 e. The predicted octanol–water partition coefficient (Wildman–Crippen LogP) is 2.75. The first-order valence-electron chi connectivity index (χ1n) is 5.18. The van der Waals surface area contributed by atoms with Gasteiger partial charge in [-0.1, -0.05) is 6.07 Å². The number of aryl methyl sites for hydroxylation is 1. The SMILES string of the molecule is Cc1ccc(C(=O)Nc2cccc([N+](=O)[O-])c2)o1. The van der Waals surface area contributed by atoms with E-state index in [0.717, 1.165) is 0 Å². The molecule has 1 amide bonds. The van der Waals surface area contributed by atoms with Crippen molar-refractivity contribution in [3.63, 3.8) is 0 Å². The summed E-state index contributed by atoms with van der Waals surface area (Å²) in [6, 6.07) is 8.92. The van der Waals surface area contributed by atoms with E-state index in [-0.39, 0.29) is 11.4 Å². The first kappa shape index (κ1) is 11.8. The molecule has 1 N–H and O–H groups in total. The van der Waals surface area contributed by atoms with E-state index in [1.54, 1.807) is 25.1 Å². The minimum absolute atomic E-state index is 0.0802. The van der Waals surface area contributed by atoms with Crippen LogP contribution in [0, 0.1) is 17.0 Å². The molecule has 0 radical (unpaired) electrons. The minimum atomic E-state index is -0.521. The van der Waals surface area contributed by atoms with Crippen molar-refractivity contribution in [2.75, 3.05) is 5.32 Å². The van der Waals surface area contributed by atoms with Crippen molar-refractivity contribution >= 4 is 17.3 Å².